The molecule has 3 amide bonds. The molecule has 2 unspecified atom stereocenters. The van der Waals surface area contributed by atoms with Gasteiger partial charge < -0.3 is 10.2 Å². The van der Waals surface area contributed by atoms with E-state index in [1.807, 2.05) is 51.1 Å². The van der Waals surface area contributed by atoms with E-state index in [2.05, 4.69) is 5.32 Å². The van der Waals surface area contributed by atoms with Crippen LogP contribution in [-0.4, -0.2) is 34.8 Å². The summed E-state index contributed by atoms with van der Waals surface area (Å²) in [6.45, 7) is 5.83. The second-order valence-electron chi connectivity index (χ2n) is 8.29. The number of rotatable bonds is 5. The molecule has 4 rings (SSSR count). The number of carbonyl (C=O) groups excluding carboxylic acids is 3. The van der Waals surface area contributed by atoms with Crippen LogP contribution in [0.5, 0.6) is 0 Å². The van der Waals surface area contributed by atoms with Gasteiger partial charge in [0.05, 0.1) is 17.3 Å². The van der Waals surface area contributed by atoms with E-state index in [0.29, 0.717) is 24.1 Å². The maximum atomic E-state index is 13.3. The van der Waals surface area contributed by atoms with E-state index < -0.39 is 5.66 Å². The van der Waals surface area contributed by atoms with E-state index in [1.54, 1.807) is 28.0 Å². The Morgan fingerprint density at radius 3 is 2.53 bits per heavy atom. The lowest BCUT2D eigenvalue weighted by Gasteiger charge is -2.48. The molecule has 2 aliphatic heterocycles. The first-order valence-electron chi connectivity index (χ1n) is 10.4. The zero-order valence-corrected chi connectivity index (χ0v) is 17.6. The zero-order chi connectivity index (χ0) is 21.5. The van der Waals surface area contributed by atoms with Crippen molar-refractivity contribution in [1.82, 2.24) is 10.2 Å². The van der Waals surface area contributed by atoms with Gasteiger partial charge in [-0.25, -0.2) is 0 Å². The van der Waals surface area contributed by atoms with Crippen molar-refractivity contribution in [1.29, 1.82) is 0 Å². The molecule has 1 saturated heterocycles. The van der Waals surface area contributed by atoms with Gasteiger partial charge in [-0.05, 0) is 44.4 Å². The molecule has 156 valence electrons. The fraction of sp³-hybridized carbons (Fsp3) is 0.375. The van der Waals surface area contributed by atoms with Crippen LogP contribution < -0.4 is 10.2 Å². The molecule has 0 spiro atoms. The average molecular weight is 405 g/mol. The van der Waals surface area contributed by atoms with Gasteiger partial charge in [-0.3, -0.25) is 19.3 Å². The molecule has 0 radical (unpaired) electrons. The lowest BCUT2D eigenvalue weighted by Crippen LogP contribution is -2.63. The molecule has 0 bridgehead atoms. The van der Waals surface area contributed by atoms with Gasteiger partial charge in [0.2, 0.25) is 11.8 Å². The maximum absolute atomic E-state index is 13.3. The number of nitrogens with zero attached hydrogens (tertiary/aromatic N) is 2. The maximum Gasteiger partial charge on any atom is 0.258 e. The molecular formula is C24H27N3O3. The highest BCUT2D eigenvalue weighted by Crippen LogP contribution is 2.43. The number of hydrogen-bond acceptors (Lipinski definition) is 3. The van der Waals surface area contributed by atoms with Crippen LogP contribution in [0, 0.1) is 6.92 Å². The molecule has 1 N–H and O–H groups in total. The number of fused-ring (bicyclic) bond motifs is 3. The first-order valence-corrected chi connectivity index (χ1v) is 10.4. The van der Waals surface area contributed by atoms with E-state index in [4.69, 9.17) is 0 Å². The number of carbonyl (C=O) groups is 3. The van der Waals surface area contributed by atoms with Crippen molar-refractivity contribution >= 4 is 23.4 Å². The van der Waals surface area contributed by atoms with E-state index in [1.165, 1.54) is 0 Å². The van der Waals surface area contributed by atoms with E-state index in [9.17, 15) is 14.4 Å². The third-order valence-electron chi connectivity index (χ3n) is 6.27. The average Bonchev–Trinajstić information content (AvgIpc) is 3.05. The topological polar surface area (TPSA) is 69.7 Å². The molecule has 2 aromatic rings. The van der Waals surface area contributed by atoms with Gasteiger partial charge >= 0.3 is 0 Å². The van der Waals surface area contributed by atoms with Gasteiger partial charge in [-0.1, -0.05) is 48.9 Å². The van der Waals surface area contributed by atoms with Crippen molar-refractivity contribution in [3.63, 3.8) is 0 Å². The summed E-state index contributed by atoms with van der Waals surface area (Å²) in [6, 6.07) is 15.1. The summed E-state index contributed by atoms with van der Waals surface area (Å²) in [5.41, 5.74) is 2.47. The standard InChI is InChI=1S/C24H27N3O3/c1-4-19(17-11-9-16(2)10-12-17)25-21(28)15-26-23(30)18-7-5-6-8-20(18)27-22(29)13-14-24(26,27)3/h5-12,19H,4,13-15H2,1-3H3,(H,25,28). The minimum atomic E-state index is -0.828. The Morgan fingerprint density at radius 1 is 1.13 bits per heavy atom. The first kappa shape index (κ1) is 20.1. The van der Waals surface area contributed by atoms with E-state index >= 15 is 0 Å². The summed E-state index contributed by atoms with van der Waals surface area (Å²) >= 11 is 0. The van der Waals surface area contributed by atoms with Crippen molar-refractivity contribution in [2.24, 2.45) is 0 Å². The molecule has 1 fully saturated rings. The van der Waals surface area contributed by atoms with Gasteiger partial charge in [0.15, 0.2) is 0 Å². The van der Waals surface area contributed by atoms with Crippen molar-refractivity contribution in [3.05, 3.63) is 65.2 Å². The smallest absolute Gasteiger partial charge is 0.258 e. The monoisotopic (exact) mass is 405 g/mol. The fourth-order valence-corrected chi connectivity index (χ4v) is 4.54. The second-order valence-corrected chi connectivity index (χ2v) is 8.29. The van der Waals surface area contributed by atoms with Gasteiger partial charge in [-0.15, -0.1) is 0 Å². The Morgan fingerprint density at radius 2 is 1.83 bits per heavy atom. The van der Waals surface area contributed by atoms with Gasteiger partial charge in [0.25, 0.3) is 5.91 Å². The van der Waals surface area contributed by atoms with Crippen LogP contribution in [0.1, 0.15) is 60.6 Å². The minimum Gasteiger partial charge on any atom is -0.348 e. The van der Waals surface area contributed by atoms with Crippen LogP contribution in [-0.2, 0) is 9.59 Å². The fourth-order valence-electron chi connectivity index (χ4n) is 4.54. The Bertz CT molecular complexity index is 1000. The van der Waals surface area contributed by atoms with Crippen molar-refractivity contribution in [3.8, 4) is 0 Å². The largest absolute Gasteiger partial charge is 0.348 e. The van der Waals surface area contributed by atoms with Crippen molar-refractivity contribution in [2.75, 3.05) is 11.4 Å². The number of nitrogens with one attached hydrogen (secondary N) is 1. The zero-order valence-electron chi connectivity index (χ0n) is 17.6. The number of amides is 3. The molecule has 2 heterocycles. The normalized spacial score (nSPS) is 21.3. The number of hydrogen-bond donors (Lipinski definition) is 1. The van der Waals surface area contributed by atoms with E-state index in [0.717, 1.165) is 17.5 Å². The highest BCUT2D eigenvalue weighted by molar-refractivity contribution is 6.11. The molecule has 0 saturated carbocycles. The quantitative estimate of drug-likeness (QED) is 0.827. The predicted octanol–water partition coefficient (Wildman–Crippen LogP) is 3.56. The summed E-state index contributed by atoms with van der Waals surface area (Å²) < 4.78 is 0. The van der Waals surface area contributed by atoms with E-state index in [-0.39, 0.29) is 30.3 Å². The minimum absolute atomic E-state index is 0.0195. The Kier molecular flexibility index (Phi) is 5.10. The first-order chi connectivity index (χ1) is 14.3. The third-order valence-corrected chi connectivity index (χ3v) is 6.27. The van der Waals surface area contributed by atoms with Crippen molar-refractivity contribution < 1.29 is 14.4 Å². The molecule has 2 aliphatic rings. The highest BCUT2D eigenvalue weighted by Gasteiger charge is 2.53. The summed E-state index contributed by atoms with van der Waals surface area (Å²) in [5.74, 6) is -0.456. The second kappa shape index (κ2) is 7.59. The van der Waals surface area contributed by atoms with Crippen LogP contribution in [0.25, 0.3) is 0 Å². The summed E-state index contributed by atoms with van der Waals surface area (Å²) in [7, 11) is 0. The molecule has 0 aromatic heterocycles. The molecular weight excluding hydrogens is 378 g/mol. The Labute approximate surface area is 176 Å². The van der Waals surface area contributed by atoms with Crippen LogP contribution in [0.2, 0.25) is 0 Å². The predicted molar refractivity (Wildman–Crippen MR) is 115 cm³/mol. The number of para-hydroxylation sites is 1. The molecule has 6 heteroatoms. The van der Waals surface area contributed by atoms with Crippen LogP contribution in [0.3, 0.4) is 0 Å². The highest BCUT2D eigenvalue weighted by atomic mass is 16.2. The van der Waals surface area contributed by atoms with Crippen LogP contribution in [0.4, 0.5) is 5.69 Å². The third kappa shape index (κ3) is 3.26. The molecule has 2 aromatic carbocycles. The molecule has 30 heavy (non-hydrogen) atoms. The number of anilines is 1. The van der Waals surface area contributed by atoms with Gasteiger partial charge in [0.1, 0.15) is 12.2 Å². The number of benzene rings is 2. The molecule has 2 atom stereocenters. The summed E-state index contributed by atoms with van der Waals surface area (Å²) in [5, 5.41) is 3.07. The van der Waals surface area contributed by atoms with Gasteiger partial charge in [0, 0.05) is 6.42 Å². The SMILES string of the molecule is CCC(NC(=O)CN1C(=O)c2ccccc2N2C(=O)CCC12C)c1ccc(C)cc1. The Balaban J connectivity index is 1.59. The molecule has 0 aliphatic carbocycles. The van der Waals surface area contributed by atoms with Crippen molar-refractivity contribution in [2.45, 2.75) is 51.7 Å². The molecule has 6 nitrogen and oxygen atoms in total. The number of aryl methyl sites for hydroxylation is 1. The van der Waals surface area contributed by atoms with Crippen LogP contribution >= 0.6 is 0 Å². The van der Waals surface area contributed by atoms with Crippen LogP contribution in [0.15, 0.2) is 48.5 Å². The lowest BCUT2D eigenvalue weighted by atomic mass is 9.98. The lowest BCUT2D eigenvalue weighted by molar-refractivity contribution is -0.124. The summed E-state index contributed by atoms with van der Waals surface area (Å²) in [6.07, 6.45) is 1.61. The Hall–Kier alpha value is -3.15. The van der Waals surface area contributed by atoms with Gasteiger partial charge in [-0.2, -0.15) is 0 Å². The summed E-state index contributed by atoms with van der Waals surface area (Å²) in [4.78, 5) is 42.1.